The third-order valence-electron chi connectivity index (χ3n) is 2.09. The molecule has 1 aromatic carbocycles. The molecule has 0 aliphatic carbocycles. The highest BCUT2D eigenvalue weighted by Gasteiger charge is 2.16. The Morgan fingerprint density at radius 1 is 1.53 bits per heavy atom. The van der Waals surface area contributed by atoms with Crippen molar-refractivity contribution in [2.75, 3.05) is 0 Å². The van der Waals surface area contributed by atoms with Crippen LogP contribution in [0.25, 0.3) is 5.69 Å². The fourth-order valence-corrected chi connectivity index (χ4v) is 1.31. The number of nitrogens with two attached hydrogens (primary N) is 1. The zero-order valence-electron chi connectivity index (χ0n) is 8.45. The van der Waals surface area contributed by atoms with E-state index in [0.29, 0.717) is 5.82 Å². The van der Waals surface area contributed by atoms with Crippen LogP contribution in [0.4, 0.5) is 10.1 Å². The van der Waals surface area contributed by atoms with Crippen LogP contribution >= 0.6 is 0 Å². The normalized spacial score (nSPS) is 10.5. The summed E-state index contributed by atoms with van der Waals surface area (Å²) in [5, 5.41) is 21.1. The lowest BCUT2D eigenvalue weighted by molar-refractivity contribution is -0.387. The van der Waals surface area contributed by atoms with E-state index in [1.165, 1.54) is 10.7 Å². The zero-order valence-corrected chi connectivity index (χ0v) is 8.45. The first-order valence-corrected chi connectivity index (χ1v) is 4.55. The summed E-state index contributed by atoms with van der Waals surface area (Å²) in [6.45, 7) is 0.0750. The number of hydrogen-bond donors (Lipinski definition) is 1. The molecule has 0 aliphatic rings. The molecule has 0 aliphatic heterocycles. The third kappa shape index (κ3) is 1.95. The molecular weight excluding hydrogens is 231 g/mol. The summed E-state index contributed by atoms with van der Waals surface area (Å²) in [4.78, 5) is 9.64. The molecule has 0 bridgehead atoms. The van der Waals surface area contributed by atoms with E-state index in [2.05, 4.69) is 15.5 Å². The molecule has 0 unspecified atom stereocenters. The maximum absolute atomic E-state index is 13.4. The fourth-order valence-electron chi connectivity index (χ4n) is 1.31. The summed E-state index contributed by atoms with van der Waals surface area (Å²) in [5.74, 6) is -0.621. The van der Waals surface area contributed by atoms with Crippen LogP contribution in [0.2, 0.25) is 0 Å². The van der Waals surface area contributed by atoms with Crippen molar-refractivity contribution in [2.24, 2.45) is 5.73 Å². The van der Waals surface area contributed by atoms with Crippen LogP contribution in [-0.4, -0.2) is 25.1 Å². The minimum Gasteiger partial charge on any atom is -0.324 e. The lowest BCUT2D eigenvalue weighted by atomic mass is 10.2. The number of nitrogens with zero attached hydrogens (tertiary/aromatic N) is 5. The maximum atomic E-state index is 13.4. The van der Waals surface area contributed by atoms with Crippen LogP contribution < -0.4 is 5.73 Å². The van der Waals surface area contributed by atoms with Crippen LogP contribution in [0.5, 0.6) is 0 Å². The topological polar surface area (TPSA) is 113 Å². The molecule has 9 heteroatoms. The first-order valence-electron chi connectivity index (χ1n) is 4.55. The van der Waals surface area contributed by atoms with Gasteiger partial charge in [-0.25, -0.2) is 0 Å². The largest absolute Gasteiger partial charge is 0.324 e. The Kier molecular flexibility index (Phi) is 2.75. The number of nitro groups is 1. The molecule has 88 valence electrons. The second kappa shape index (κ2) is 4.22. The summed E-state index contributed by atoms with van der Waals surface area (Å²) in [6, 6.07) is 3.37. The molecular formula is C8H7FN6O2. The van der Waals surface area contributed by atoms with Crippen molar-refractivity contribution in [1.29, 1.82) is 0 Å². The monoisotopic (exact) mass is 238 g/mol. The predicted octanol–water partition coefficient (Wildman–Crippen LogP) is 0.168. The summed E-state index contributed by atoms with van der Waals surface area (Å²) in [6.07, 6.45) is 0. The number of nitro benzene ring substituents is 1. The van der Waals surface area contributed by atoms with Gasteiger partial charge >= 0.3 is 5.69 Å². The standard InChI is InChI=1S/C8H7FN6O2/c9-6-3-5(1-2-7(6)15(16)17)14-8(4-10)11-12-13-14/h1-3H,4,10H2. The first-order chi connectivity index (χ1) is 8.13. The Labute approximate surface area is 94.0 Å². The highest BCUT2D eigenvalue weighted by atomic mass is 19.1. The van der Waals surface area contributed by atoms with E-state index in [9.17, 15) is 14.5 Å². The molecule has 8 nitrogen and oxygen atoms in total. The SMILES string of the molecule is NCc1nnnn1-c1ccc([N+](=O)[O-])c(F)c1. The van der Waals surface area contributed by atoms with Gasteiger partial charge in [0.1, 0.15) is 0 Å². The van der Waals surface area contributed by atoms with Gasteiger partial charge in [-0.05, 0) is 16.5 Å². The molecule has 0 fully saturated rings. The average molecular weight is 238 g/mol. The number of tetrazole rings is 1. The minimum absolute atomic E-state index is 0.0750. The Morgan fingerprint density at radius 3 is 2.88 bits per heavy atom. The Balaban J connectivity index is 2.48. The fraction of sp³-hybridized carbons (Fsp3) is 0.125. The highest BCUT2D eigenvalue weighted by molar-refractivity contribution is 5.42. The molecule has 0 spiro atoms. The van der Waals surface area contributed by atoms with E-state index < -0.39 is 16.4 Å². The van der Waals surface area contributed by atoms with Gasteiger partial charge < -0.3 is 5.73 Å². The number of hydrogen-bond acceptors (Lipinski definition) is 6. The minimum atomic E-state index is -0.953. The number of rotatable bonds is 3. The third-order valence-corrected chi connectivity index (χ3v) is 2.09. The van der Waals surface area contributed by atoms with Crippen molar-refractivity contribution in [3.05, 3.63) is 40.0 Å². The first kappa shape index (κ1) is 11.1. The smallest absolute Gasteiger partial charge is 0.304 e. The van der Waals surface area contributed by atoms with Crippen LogP contribution in [0.15, 0.2) is 18.2 Å². The van der Waals surface area contributed by atoms with Gasteiger partial charge in [0.2, 0.25) is 5.82 Å². The molecule has 1 aromatic heterocycles. The van der Waals surface area contributed by atoms with Crippen LogP contribution in [0.1, 0.15) is 5.82 Å². The van der Waals surface area contributed by atoms with Gasteiger partial charge in [-0.15, -0.1) is 5.10 Å². The molecule has 0 saturated heterocycles. The van der Waals surface area contributed by atoms with E-state index in [4.69, 9.17) is 5.73 Å². The molecule has 0 saturated carbocycles. The lowest BCUT2D eigenvalue weighted by Crippen LogP contribution is -2.08. The second-order valence-corrected chi connectivity index (χ2v) is 3.10. The van der Waals surface area contributed by atoms with Crippen LogP contribution in [0, 0.1) is 15.9 Å². The van der Waals surface area contributed by atoms with Gasteiger partial charge in [-0.2, -0.15) is 9.07 Å². The van der Waals surface area contributed by atoms with Gasteiger partial charge in [0.15, 0.2) is 5.82 Å². The maximum Gasteiger partial charge on any atom is 0.304 e. The molecule has 2 aromatic rings. The van der Waals surface area contributed by atoms with Gasteiger partial charge in [0.25, 0.3) is 0 Å². The molecule has 0 atom stereocenters. The zero-order chi connectivity index (χ0) is 12.4. The summed E-state index contributed by atoms with van der Waals surface area (Å²) >= 11 is 0. The number of halogens is 1. The molecule has 0 amide bonds. The van der Waals surface area contributed by atoms with Gasteiger partial charge in [-0.1, -0.05) is 0 Å². The van der Waals surface area contributed by atoms with Crippen molar-refractivity contribution >= 4 is 5.69 Å². The summed E-state index contributed by atoms with van der Waals surface area (Å²) < 4.78 is 14.6. The average Bonchev–Trinajstić information content (AvgIpc) is 2.76. The molecule has 0 radical (unpaired) electrons. The lowest BCUT2D eigenvalue weighted by Gasteiger charge is -2.02. The van der Waals surface area contributed by atoms with E-state index in [0.717, 1.165) is 12.1 Å². The van der Waals surface area contributed by atoms with Crippen LogP contribution in [-0.2, 0) is 6.54 Å². The van der Waals surface area contributed by atoms with Crippen molar-refractivity contribution in [1.82, 2.24) is 20.2 Å². The quantitative estimate of drug-likeness (QED) is 0.602. The Hall–Kier alpha value is -2.42. The molecule has 2 N–H and O–H groups in total. The molecule has 17 heavy (non-hydrogen) atoms. The Bertz CT molecular complexity index is 569. The summed E-state index contributed by atoms with van der Waals surface area (Å²) in [5.41, 5.74) is 5.06. The number of benzene rings is 1. The predicted molar refractivity (Wildman–Crippen MR) is 53.7 cm³/mol. The van der Waals surface area contributed by atoms with Crippen molar-refractivity contribution in [2.45, 2.75) is 6.54 Å². The van der Waals surface area contributed by atoms with E-state index in [1.54, 1.807) is 0 Å². The van der Waals surface area contributed by atoms with Crippen LogP contribution in [0.3, 0.4) is 0 Å². The second-order valence-electron chi connectivity index (χ2n) is 3.10. The van der Waals surface area contributed by atoms with Gasteiger partial charge in [-0.3, -0.25) is 10.1 Å². The van der Waals surface area contributed by atoms with E-state index >= 15 is 0 Å². The van der Waals surface area contributed by atoms with E-state index in [1.807, 2.05) is 0 Å². The van der Waals surface area contributed by atoms with Gasteiger partial charge in [0.05, 0.1) is 17.2 Å². The molecule has 1 heterocycles. The summed E-state index contributed by atoms with van der Waals surface area (Å²) in [7, 11) is 0. The van der Waals surface area contributed by atoms with Crippen molar-refractivity contribution in [3.63, 3.8) is 0 Å². The highest BCUT2D eigenvalue weighted by Crippen LogP contribution is 2.20. The number of aromatic nitrogens is 4. The molecule has 2 rings (SSSR count). The van der Waals surface area contributed by atoms with E-state index in [-0.39, 0.29) is 12.2 Å². The Morgan fingerprint density at radius 2 is 2.29 bits per heavy atom. The van der Waals surface area contributed by atoms with Crippen molar-refractivity contribution in [3.8, 4) is 5.69 Å². The van der Waals surface area contributed by atoms with Crippen molar-refractivity contribution < 1.29 is 9.31 Å². The van der Waals surface area contributed by atoms with Gasteiger partial charge in [0, 0.05) is 12.1 Å².